The lowest BCUT2D eigenvalue weighted by Gasteiger charge is -2.17. The van der Waals surface area contributed by atoms with E-state index >= 15 is 0 Å². The van der Waals surface area contributed by atoms with Gasteiger partial charge in [-0.3, -0.25) is 0 Å². The molecular weight excluding hydrogens is 300 g/mol. The smallest absolute Gasteiger partial charge is 0.175 e. The highest BCUT2D eigenvalue weighted by Gasteiger charge is 2.09. The SMILES string of the molecule is CC[C@@H](C)c1ccccc1NC(=S)Nc1ccc(Cl)cc1. The highest BCUT2D eigenvalue weighted by Crippen LogP contribution is 2.26. The van der Waals surface area contributed by atoms with E-state index < -0.39 is 0 Å². The standard InChI is InChI=1S/C17H19ClN2S/c1-3-12(2)15-6-4-5-7-16(15)20-17(21)19-14-10-8-13(18)9-11-14/h4-12H,3H2,1-2H3,(H2,19,20,21)/t12-/m1/s1. The molecule has 1 atom stereocenters. The van der Waals surface area contributed by atoms with E-state index in [1.54, 1.807) is 0 Å². The second kappa shape index (κ2) is 7.43. The molecule has 0 fully saturated rings. The van der Waals surface area contributed by atoms with Gasteiger partial charge in [0.1, 0.15) is 0 Å². The van der Waals surface area contributed by atoms with Crippen LogP contribution in [0.4, 0.5) is 11.4 Å². The van der Waals surface area contributed by atoms with E-state index in [1.807, 2.05) is 30.3 Å². The van der Waals surface area contributed by atoms with Gasteiger partial charge in [-0.2, -0.15) is 0 Å². The Labute approximate surface area is 136 Å². The highest BCUT2D eigenvalue weighted by atomic mass is 35.5. The molecule has 0 aliphatic carbocycles. The van der Waals surface area contributed by atoms with Crippen molar-refractivity contribution in [3.63, 3.8) is 0 Å². The van der Waals surface area contributed by atoms with Gasteiger partial charge in [-0.05, 0) is 60.5 Å². The van der Waals surface area contributed by atoms with Crippen molar-refractivity contribution in [3.05, 3.63) is 59.1 Å². The van der Waals surface area contributed by atoms with Gasteiger partial charge in [0.2, 0.25) is 0 Å². The van der Waals surface area contributed by atoms with Crippen LogP contribution in [0.1, 0.15) is 31.7 Å². The van der Waals surface area contributed by atoms with E-state index in [2.05, 4.69) is 42.7 Å². The molecule has 0 unspecified atom stereocenters. The van der Waals surface area contributed by atoms with E-state index in [4.69, 9.17) is 23.8 Å². The van der Waals surface area contributed by atoms with Crippen LogP contribution in [-0.4, -0.2) is 5.11 Å². The molecule has 2 aromatic rings. The molecular formula is C17H19ClN2S. The van der Waals surface area contributed by atoms with Gasteiger partial charge in [0.05, 0.1) is 0 Å². The van der Waals surface area contributed by atoms with Crippen LogP contribution in [0.2, 0.25) is 5.02 Å². The lowest BCUT2D eigenvalue weighted by atomic mass is 9.97. The molecule has 0 radical (unpaired) electrons. The molecule has 0 aromatic heterocycles. The van der Waals surface area contributed by atoms with E-state index in [0.29, 0.717) is 16.1 Å². The average Bonchev–Trinajstić information content (AvgIpc) is 2.49. The summed E-state index contributed by atoms with van der Waals surface area (Å²) in [6.07, 6.45) is 1.09. The van der Waals surface area contributed by atoms with Crippen molar-refractivity contribution in [2.45, 2.75) is 26.2 Å². The van der Waals surface area contributed by atoms with Crippen molar-refractivity contribution in [2.75, 3.05) is 10.6 Å². The molecule has 2 rings (SSSR count). The molecule has 110 valence electrons. The normalized spacial score (nSPS) is 11.8. The zero-order valence-electron chi connectivity index (χ0n) is 12.2. The molecule has 2 nitrogen and oxygen atoms in total. The fourth-order valence-corrected chi connectivity index (χ4v) is 2.43. The number of benzene rings is 2. The first-order valence-electron chi connectivity index (χ1n) is 7.02. The highest BCUT2D eigenvalue weighted by molar-refractivity contribution is 7.80. The number of halogens is 1. The fraction of sp³-hybridized carbons (Fsp3) is 0.235. The van der Waals surface area contributed by atoms with Gasteiger partial charge in [-0.15, -0.1) is 0 Å². The van der Waals surface area contributed by atoms with Crippen molar-refractivity contribution in [1.29, 1.82) is 0 Å². The summed E-state index contributed by atoms with van der Waals surface area (Å²) in [6.45, 7) is 4.40. The third-order valence-corrected chi connectivity index (χ3v) is 3.91. The monoisotopic (exact) mass is 318 g/mol. The predicted molar refractivity (Wildman–Crippen MR) is 96.4 cm³/mol. The lowest BCUT2D eigenvalue weighted by Crippen LogP contribution is -2.20. The Balaban J connectivity index is 2.07. The Bertz CT molecular complexity index is 610. The van der Waals surface area contributed by atoms with Crippen LogP contribution >= 0.6 is 23.8 Å². The molecule has 0 aliphatic heterocycles. The number of hydrogen-bond donors (Lipinski definition) is 2. The molecule has 0 aliphatic rings. The summed E-state index contributed by atoms with van der Waals surface area (Å²) in [6, 6.07) is 15.7. The molecule has 21 heavy (non-hydrogen) atoms. The second-order valence-corrected chi connectivity index (χ2v) is 5.83. The van der Waals surface area contributed by atoms with Crippen LogP contribution < -0.4 is 10.6 Å². The molecule has 0 bridgehead atoms. The second-order valence-electron chi connectivity index (χ2n) is 4.98. The van der Waals surface area contributed by atoms with E-state index in [9.17, 15) is 0 Å². The van der Waals surface area contributed by atoms with Crippen LogP contribution in [0.3, 0.4) is 0 Å². The molecule has 0 heterocycles. The minimum Gasteiger partial charge on any atom is -0.332 e. The van der Waals surface area contributed by atoms with Gasteiger partial charge >= 0.3 is 0 Å². The predicted octanol–water partition coefficient (Wildman–Crippen LogP) is 5.66. The van der Waals surface area contributed by atoms with Crippen molar-refractivity contribution in [1.82, 2.24) is 0 Å². The Morgan fingerprint density at radius 1 is 1.10 bits per heavy atom. The summed E-state index contributed by atoms with van der Waals surface area (Å²) in [5.74, 6) is 0.493. The first kappa shape index (κ1) is 15.8. The van der Waals surface area contributed by atoms with Crippen molar-refractivity contribution >= 4 is 40.3 Å². The van der Waals surface area contributed by atoms with Gasteiger partial charge < -0.3 is 10.6 Å². The Kier molecular flexibility index (Phi) is 5.59. The topological polar surface area (TPSA) is 24.1 Å². The number of thiocarbonyl (C=S) groups is 1. The Morgan fingerprint density at radius 3 is 2.43 bits per heavy atom. The summed E-state index contributed by atoms with van der Waals surface area (Å²) in [5.41, 5.74) is 3.25. The summed E-state index contributed by atoms with van der Waals surface area (Å²) < 4.78 is 0. The van der Waals surface area contributed by atoms with E-state index in [-0.39, 0.29) is 0 Å². The number of rotatable bonds is 4. The van der Waals surface area contributed by atoms with Crippen LogP contribution in [0.25, 0.3) is 0 Å². The molecule has 0 saturated heterocycles. The maximum atomic E-state index is 5.87. The fourth-order valence-electron chi connectivity index (χ4n) is 2.08. The first-order chi connectivity index (χ1) is 10.1. The summed E-state index contributed by atoms with van der Waals surface area (Å²) in [7, 11) is 0. The van der Waals surface area contributed by atoms with Gasteiger partial charge in [0.15, 0.2) is 5.11 Å². The Morgan fingerprint density at radius 2 is 1.76 bits per heavy atom. The van der Waals surface area contributed by atoms with E-state index in [0.717, 1.165) is 17.8 Å². The summed E-state index contributed by atoms with van der Waals surface area (Å²) >= 11 is 11.3. The van der Waals surface area contributed by atoms with Crippen molar-refractivity contribution in [2.24, 2.45) is 0 Å². The summed E-state index contributed by atoms with van der Waals surface area (Å²) in [4.78, 5) is 0. The number of para-hydroxylation sites is 1. The van der Waals surface area contributed by atoms with Crippen LogP contribution in [0, 0.1) is 0 Å². The number of hydrogen-bond acceptors (Lipinski definition) is 1. The molecule has 0 amide bonds. The molecule has 0 spiro atoms. The third-order valence-electron chi connectivity index (χ3n) is 3.45. The minimum absolute atomic E-state index is 0.493. The average molecular weight is 319 g/mol. The zero-order valence-corrected chi connectivity index (χ0v) is 13.8. The minimum atomic E-state index is 0.493. The third kappa shape index (κ3) is 4.45. The van der Waals surface area contributed by atoms with Crippen LogP contribution in [0.15, 0.2) is 48.5 Å². The van der Waals surface area contributed by atoms with Crippen LogP contribution in [-0.2, 0) is 0 Å². The first-order valence-corrected chi connectivity index (χ1v) is 7.81. The number of anilines is 2. The van der Waals surface area contributed by atoms with Gasteiger partial charge in [-0.25, -0.2) is 0 Å². The van der Waals surface area contributed by atoms with Gasteiger partial charge in [0, 0.05) is 16.4 Å². The largest absolute Gasteiger partial charge is 0.332 e. The number of nitrogens with one attached hydrogen (secondary N) is 2. The lowest BCUT2D eigenvalue weighted by molar-refractivity contribution is 0.736. The zero-order chi connectivity index (χ0) is 15.2. The van der Waals surface area contributed by atoms with Crippen molar-refractivity contribution < 1.29 is 0 Å². The van der Waals surface area contributed by atoms with Gasteiger partial charge in [-0.1, -0.05) is 43.6 Å². The maximum Gasteiger partial charge on any atom is 0.175 e. The van der Waals surface area contributed by atoms with E-state index in [1.165, 1.54) is 5.56 Å². The Hall–Kier alpha value is -1.58. The molecule has 2 N–H and O–H groups in total. The molecule has 4 heteroatoms. The van der Waals surface area contributed by atoms with Gasteiger partial charge in [0.25, 0.3) is 0 Å². The molecule has 2 aromatic carbocycles. The van der Waals surface area contributed by atoms with Crippen molar-refractivity contribution in [3.8, 4) is 0 Å². The molecule has 0 saturated carbocycles. The quantitative estimate of drug-likeness (QED) is 0.711. The summed E-state index contributed by atoms with van der Waals surface area (Å²) in [5, 5.41) is 7.73. The van der Waals surface area contributed by atoms with Crippen LogP contribution in [0.5, 0.6) is 0 Å². The maximum absolute atomic E-state index is 5.87.